The van der Waals surface area contributed by atoms with Gasteiger partial charge in [0.15, 0.2) is 0 Å². The zero-order valence-corrected chi connectivity index (χ0v) is 11.1. The topological polar surface area (TPSA) is 37.0 Å². The fraction of sp³-hybridized carbons (Fsp3) is 0.267. The standard InChI is InChI=1S/C15H19N3/c1-4-12-10-13(9-8-11(12)2)17-15-7-5-6-14(16-3)18-15/h5-10H,4H2,1-3H3,(H2,16,17,18). The molecule has 3 nitrogen and oxygen atoms in total. The molecule has 2 rings (SSSR count). The van der Waals surface area contributed by atoms with Crippen LogP contribution in [0.4, 0.5) is 17.3 Å². The Bertz CT molecular complexity index is 535. The van der Waals surface area contributed by atoms with Crippen LogP contribution in [0.2, 0.25) is 0 Å². The van der Waals surface area contributed by atoms with E-state index in [9.17, 15) is 0 Å². The van der Waals surface area contributed by atoms with Crippen LogP contribution in [0.25, 0.3) is 0 Å². The SMILES string of the molecule is CCc1cc(Nc2cccc(NC)n2)ccc1C. The quantitative estimate of drug-likeness (QED) is 0.856. The molecule has 18 heavy (non-hydrogen) atoms. The van der Waals surface area contributed by atoms with Gasteiger partial charge >= 0.3 is 0 Å². The lowest BCUT2D eigenvalue weighted by Crippen LogP contribution is -1.98. The average Bonchev–Trinajstić information content (AvgIpc) is 2.41. The van der Waals surface area contributed by atoms with Crippen molar-refractivity contribution in [2.75, 3.05) is 17.7 Å². The maximum absolute atomic E-state index is 4.44. The lowest BCUT2D eigenvalue weighted by molar-refractivity contribution is 1.11. The molecule has 0 atom stereocenters. The summed E-state index contributed by atoms with van der Waals surface area (Å²) in [6.45, 7) is 4.31. The zero-order chi connectivity index (χ0) is 13.0. The molecule has 0 aliphatic rings. The summed E-state index contributed by atoms with van der Waals surface area (Å²) in [6.07, 6.45) is 1.05. The van der Waals surface area contributed by atoms with Crippen LogP contribution in [0.3, 0.4) is 0 Å². The Morgan fingerprint density at radius 2 is 1.89 bits per heavy atom. The molecule has 0 unspecified atom stereocenters. The Labute approximate surface area is 108 Å². The van der Waals surface area contributed by atoms with Crippen LogP contribution in [0.15, 0.2) is 36.4 Å². The number of benzene rings is 1. The molecule has 2 N–H and O–H groups in total. The Balaban J connectivity index is 2.22. The number of rotatable bonds is 4. The minimum absolute atomic E-state index is 0.854. The second-order valence-corrected chi connectivity index (χ2v) is 4.28. The molecule has 0 amide bonds. The minimum Gasteiger partial charge on any atom is -0.373 e. The van der Waals surface area contributed by atoms with E-state index in [2.05, 4.69) is 47.7 Å². The van der Waals surface area contributed by atoms with Crippen LogP contribution in [-0.4, -0.2) is 12.0 Å². The van der Waals surface area contributed by atoms with Crippen molar-refractivity contribution in [3.63, 3.8) is 0 Å². The van der Waals surface area contributed by atoms with Gasteiger partial charge in [0.1, 0.15) is 11.6 Å². The van der Waals surface area contributed by atoms with E-state index in [1.54, 1.807) is 0 Å². The van der Waals surface area contributed by atoms with Gasteiger partial charge in [0.2, 0.25) is 0 Å². The summed E-state index contributed by atoms with van der Waals surface area (Å²) in [5, 5.41) is 6.36. The van der Waals surface area contributed by atoms with Gasteiger partial charge in [-0.1, -0.05) is 19.1 Å². The van der Waals surface area contributed by atoms with Crippen molar-refractivity contribution >= 4 is 17.3 Å². The predicted octanol–water partition coefficient (Wildman–Crippen LogP) is 3.74. The number of hydrogen-bond donors (Lipinski definition) is 2. The molecule has 3 heteroatoms. The van der Waals surface area contributed by atoms with E-state index in [0.717, 1.165) is 23.7 Å². The Hall–Kier alpha value is -2.03. The molecule has 0 aliphatic carbocycles. The van der Waals surface area contributed by atoms with Crippen molar-refractivity contribution in [2.45, 2.75) is 20.3 Å². The highest BCUT2D eigenvalue weighted by Crippen LogP contribution is 2.20. The van der Waals surface area contributed by atoms with Gasteiger partial charge in [0, 0.05) is 12.7 Å². The molecular weight excluding hydrogens is 222 g/mol. The number of pyridine rings is 1. The molecule has 0 spiro atoms. The van der Waals surface area contributed by atoms with Gasteiger partial charge in [-0.3, -0.25) is 0 Å². The van der Waals surface area contributed by atoms with Gasteiger partial charge < -0.3 is 10.6 Å². The second kappa shape index (κ2) is 5.54. The molecule has 1 aromatic heterocycles. The monoisotopic (exact) mass is 241 g/mol. The van der Waals surface area contributed by atoms with Crippen molar-refractivity contribution in [3.05, 3.63) is 47.5 Å². The molecule has 0 saturated carbocycles. The molecule has 1 aromatic carbocycles. The van der Waals surface area contributed by atoms with Gasteiger partial charge in [-0.25, -0.2) is 4.98 Å². The average molecular weight is 241 g/mol. The van der Waals surface area contributed by atoms with Crippen molar-refractivity contribution in [1.82, 2.24) is 4.98 Å². The van der Waals surface area contributed by atoms with Crippen LogP contribution >= 0.6 is 0 Å². The third-order valence-electron chi connectivity index (χ3n) is 3.01. The van der Waals surface area contributed by atoms with Gasteiger partial charge in [0.05, 0.1) is 0 Å². The molecule has 0 radical (unpaired) electrons. The highest BCUT2D eigenvalue weighted by molar-refractivity contribution is 5.59. The summed E-state index contributed by atoms with van der Waals surface area (Å²) in [5.74, 6) is 1.72. The van der Waals surface area contributed by atoms with Crippen molar-refractivity contribution in [1.29, 1.82) is 0 Å². The Morgan fingerprint density at radius 3 is 2.61 bits per heavy atom. The van der Waals surface area contributed by atoms with Crippen LogP contribution in [-0.2, 0) is 6.42 Å². The summed E-state index contributed by atoms with van der Waals surface area (Å²) in [5.41, 5.74) is 3.78. The zero-order valence-electron chi connectivity index (χ0n) is 11.1. The summed E-state index contributed by atoms with van der Waals surface area (Å²) in [4.78, 5) is 4.44. The number of nitrogens with one attached hydrogen (secondary N) is 2. The Morgan fingerprint density at radius 1 is 1.11 bits per heavy atom. The highest BCUT2D eigenvalue weighted by Gasteiger charge is 2.00. The number of anilines is 3. The number of aromatic nitrogens is 1. The van der Waals surface area contributed by atoms with Crippen LogP contribution in [0.5, 0.6) is 0 Å². The molecule has 0 aliphatic heterocycles. The van der Waals surface area contributed by atoms with E-state index in [0.29, 0.717) is 0 Å². The fourth-order valence-corrected chi connectivity index (χ4v) is 1.92. The molecule has 0 bridgehead atoms. The molecular formula is C15H19N3. The first-order valence-corrected chi connectivity index (χ1v) is 6.24. The summed E-state index contributed by atoms with van der Waals surface area (Å²) < 4.78 is 0. The lowest BCUT2D eigenvalue weighted by atomic mass is 10.1. The third-order valence-corrected chi connectivity index (χ3v) is 3.01. The lowest BCUT2D eigenvalue weighted by Gasteiger charge is -2.10. The number of nitrogens with zero attached hydrogens (tertiary/aromatic N) is 1. The van der Waals surface area contributed by atoms with Gasteiger partial charge in [-0.15, -0.1) is 0 Å². The molecule has 0 saturated heterocycles. The molecule has 2 aromatic rings. The van der Waals surface area contributed by atoms with E-state index in [1.807, 2.05) is 25.2 Å². The Kier molecular flexibility index (Phi) is 3.82. The number of hydrogen-bond acceptors (Lipinski definition) is 3. The molecule has 0 fully saturated rings. The largest absolute Gasteiger partial charge is 0.373 e. The summed E-state index contributed by atoms with van der Waals surface area (Å²) in [6, 6.07) is 12.3. The first-order chi connectivity index (χ1) is 8.72. The maximum Gasteiger partial charge on any atom is 0.132 e. The first kappa shape index (κ1) is 12.4. The van der Waals surface area contributed by atoms with E-state index in [-0.39, 0.29) is 0 Å². The van der Waals surface area contributed by atoms with Crippen LogP contribution in [0.1, 0.15) is 18.1 Å². The maximum atomic E-state index is 4.44. The van der Waals surface area contributed by atoms with Gasteiger partial charge in [-0.05, 0) is 48.7 Å². The smallest absolute Gasteiger partial charge is 0.132 e. The first-order valence-electron chi connectivity index (χ1n) is 6.24. The van der Waals surface area contributed by atoms with E-state index in [1.165, 1.54) is 11.1 Å². The molecule has 1 heterocycles. The fourth-order valence-electron chi connectivity index (χ4n) is 1.92. The van der Waals surface area contributed by atoms with E-state index in [4.69, 9.17) is 0 Å². The minimum atomic E-state index is 0.854. The van der Waals surface area contributed by atoms with Crippen LogP contribution < -0.4 is 10.6 Å². The van der Waals surface area contributed by atoms with Crippen LogP contribution in [0, 0.1) is 6.92 Å². The third kappa shape index (κ3) is 2.80. The summed E-state index contributed by atoms with van der Waals surface area (Å²) >= 11 is 0. The van der Waals surface area contributed by atoms with Gasteiger partial charge in [-0.2, -0.15) is 0 Å². The van der Waals surface area contributed by atoms with E-state index >= 15 is 0 Å². The number of aryl methyl sites for hydroxylation is 2. The second-order valence-electron chi connectivity index (χ2n) is 4.28. The normalized spacial score (nSPS) is 10.2. The highest BCUT2D eigenvalue weighted by atomic mass is 15.0. The molecule has 94 valence electrons. The van der Waals surface area contributed by atoms with Gasteiger partial charge in [0.25, 0.3) is 0 Å². The van der Waals surface area contributed by atoms with Crippen molar-refractivity contribution in [3.8, 4) is 0 Å². The van der Waals surface area contributed by atoms with E-state index < -0.39 is 0 Å². The van der Waals surface area contributed by atoms with Crippen molar-refractivity contribution in [2.24, 2.45) is 0 Å². The van der Waals surface area contributed by atoms with Crippen molar-refractivity contribution < 1.29 is 0 Å². The predicted molar refractivity (Wildman–Crippen MR) is 77.6 cm³/mol. The summed E-state index contributed by atoms with van der Waals surface area (Å²) in [7, 11) is 1.87.